The van der Waals surface area contributed by atoms with E-state index in [4.69, 9.17) is 0 Å². The summed E-state index contributed by atoms with van der Waals surface area (Å²) in [6.45, 7) is 4.21. The van der Waals surface area contributed by atoms with Gasteiger partial charge < -0.3 is 5.32 Å². The summed E-state index contributed by atoms with van der Waals surface area (Å²) in [5, 5.41) is 5.15. The van der Waals surface area contributed by atoms with E-state index in [1.54, 1.807) is 0 Å². The van der Waals surface area contributed by atoms with E-state index in [0.29, 0.717) is 12.0 Å². The molecule has 0 saturated heterocycles. The molecule has 3 atom stereocenters. The Morgan fingerprint density at radius 3 is 2.83 bits per heavy atom. The Labute approximate surface area is 142 Å². The van der Waals surface area contributed by atoms with Crippen molar-refractivity contribution >= 4 is 28.6 Å². The molecule has 1 fully saturated rings. The van der Waals surface area contributed by atoms with Gasteiger partial charge in [0.2, 0.25) is 5.91 Å². The average molecular weight is 328 g/mol. The first kappa shape index (κ1) is 16.3. The van der Waals surface area contributed by atoms with E-state index in [2.05, 4.69) is 29.4 Å². The number of hydrogen-bond acceptors (Lipinski definition) is 3. The van der Waals surface area contributed by atoms with Crippen molar-refractivity contribution in [3.63, 3.8) is 0 Å². The van der Waals surface area contributed by atoms with E-state index < -0.39 is 0 Å². The molecule has 0 unspecified atom stereocenters. The van der Waals surface area contributed by atoms with Crippen LogP contribution in [0.5, 0.6) is 0 Å². The number of aromatic nitrogens is 1. The molecule has 3 rings (SSSR count). The lowest BCUT2D eigenvalue weighted by Gasteiger charge is -2.30. The van der Waals surface area contributed by atoms with E-state index in [-0.39, 0.29) is 11.2 Å². The maximum atomic E-state index is 12.5. The average Bonchev–Trinajstić information content (AvgIpc) is 2.56. The first-order valence-electron chi connectivity index (χ1n) is 8.46. The Bertz CT molecular complexity index is 688. The van der Waals surface area contributed by atoms with Gasteiger partial charge >= 0.3 is 0 Å². The molecule has 3 nitrogen and oxygen atoms in total. The van der Waals surface area contributed by atoms with Crippen LogP contribution in [-0.4, -0.2) is 22.2 Å². The third-order valence-corrected chi connectivity index (χ3v) is 5.72. The summed E-state index contributed by atoms with van der Waals surface area (Å²) in [6.07, 6.45) is 4.85. The molecule has 1 aromatic carbocycles. The molecule has 1 aromatic heterocycles. The van der Waals surface area contributed by atoms with Gasteiger partial charge in [-0.3, -0.25) is 4.79 Å². The van der Waals surface area contributed by atoms with E-state index >= 15 is 0 Å². The molecule has 0 aliphatic heterocycles. The molecule has 1 heterocycles. The van der Waals surface area contributed by atoms with Crippen molar-refractivity contribution in [3.05, 3.63) is 36.4 Å². The van der Waals surface area contributed by atoms with Crippen LogP contribution >= 0.6 is 11.8 Å². The smallest absolute Gasteiger partial charge is 0.233 e. The molecule has 122 valence electrons. The number of amides is 1. The van der Waals surface area contributed by atoms with Crippen molar-refractivity contribution in [1.82, 2.24) is 10.3 Å². The number of fused-ring (bicyclic) bond motifs is 1. The zero-order chi connectivity index (χ0) is 16.2. The van der Waals surface area contributed by atoms with E-state index in [0.717, 1.165) is 22.3 Å². The minimum absolute atomic E-state index is 0.127. The van der Waals surface area contributed by atoms with Crippen molar-refractivity contribution in [3.8, 4) is 0 Å². The zero-order valence-corrected chi connectivity index (χ0v) is 14.6. The van der Waals surface area contributed by atoms with Gasteiger partial charge in [-0.25, -0.2) is 4.98 Å². The van der Waals surface area contributed by atoms with Crippen molar-refractivity contribution in [2.45, 2.75) is 55.8 Å². The highest BCUT2D eigenvalue weighted by atomic mass is 32.2. The number of thioether (sulfide) groups is 1. The van der Waals surface area contributed by atoms with Crippen molar-refractivity contribution in [2.75, 3.05) is 0 Å². The summed E-state index contributed by atoms with van der Waals surface area (Å²) < 4.78 is 0. The number of hydrogen-bond donors (Lipinski definition) is 1. The molecule has 1 aliphatic rings. The molecule has 0 spiro atoms. The standard InChI is InChI=1S/C19H24N2OS/c1-13-7-3-5-9-16(13)21-19(22)14(2)23-18-12-11-15-8-4-6-10-17(15)20-18/h4,6,8,10-14,16H,3,5,7,9H2,1-2H3,(H,21,22)/t13-,14-,16+/m0/s1. The molecule has 1 N–H and O–H groups in total. The molecule has 4 heteroatoms. The lowest BCUT2D eigenvalue weighted by molar-refractivity contribution is -0.121. The lowest BCUT2D eigenvalue weighted by Crippen LogP contribution is -2.44. The van der Waals surface area contributed by atoms with Gasteiger partial charge in [0.1, 0.15) is 0 Å². The van der Waals surface area contributed by atoms with Crippen molar-refractivity contribution in [2.24, 2.45) is 5.92 Å². The Morgan fingerprint density at radius 1 is 1.22 bits per heavy atom. The molecular weight excluding hydrogens is 304 g/mol. The quantitative estimate of drug-likeness (QED) is 0.845. The molecule has 1 amide bonds. The monoisotopic (exact) mass is 328 g/mol. The van der Waals surface area contributed by atoms with Crippen LogP contribution in [-0.2, 0) is 4.79 Å². The minimum Gasteiger partial charge on any atom is -0.352 e. The van der Waals surface area contributed by atoms with Gasteiger partial charge in [-0.05, 0) is 37.8 Å². The summed E-state index contributed by atoms with van der Waals surface area (Å²) in [7, 11) is 0. The highest BCUT2D eigenvalue weighted by Gasteiger charge is 2.25. The highest BCUT2D eigenvalue weighted by Crippen LogP contribution is 2.26. The first-order valence-corrected chi connectivity index (χ1v) is 9.34. The van der Waals surface area contributed by atoms with Crippen LogP contribution in [0.3, 0.4) is 0 Å². The first-order chi connectivity index (χ1) is 11.1. The molecular formula is C19H24N2OS. The number of para-hydroxylation sites is 1. The van der Waals surface area contributed by atoms with E-state index in [1.807, 2.05) is 31.2 Å². The van der Waals surface area contributed by atoms with E-state index in [9.17, 15) is 4.79 Å². The number of pyridine rings is 1. The predicted octanol–water partition coefficient (Wildman–Crippen LogP) is 4.41. The SMILES string of the molecule is C[C@H](Sc1ccc2ccccc2n1)C(=O)N[C@@H]1CCCC[C@@H]1C. The van der Waals surface area contributed by atoms with Crippen molar-refractivity contribution in [1.29, 1.82) is 0 Å². The van der Waals surface area contributed by atoms with Crippen LogP contribution in [0.15, 0.2) is 41.4 Å². The summed E-state index contributed by atoms with van der Waals surface area (Å²) in [4.78, 5) is 17.1. The fourth-order valence-corrected chi connectivity index (χ4v) is 4.01. The number of nitrogens with zero attached hydrogens (tertiary/aromatic N) is 1. The number of rotatable bonds is 4. The van der Waals surface area contributed by atoms with Gasteiger partial charge in [-0.2, -0.15) is 0 Å². The summed E-state index contributed by atoms with van der Waals surface area (Å²) in [5.74, 6) is 0.715. The Hall–Kier alpha value is -1.55. The summed E-state index contributed by atoms with van der Waals surface area (Å²) in [5.41, 5.74) is 0.978. The number of benzene rings is 1. The largest absolute Gasteiger partial charge is 0.352 e. The van der Waals surface area contributed by atoms with Gasteiger partial charge in [0, 0.05) is 11.4 Å². The van der Waals surface area contributed by atoms with Crippen LogP contribution in [0, 0.1) is 5.92 Å². The zero-order valence-electron chi connectivity index (χ0n) is 13.8. The van der Waals surface area contributed by atoms with Crippen LogP contribution in [0.4, 0.5) is 0 Å². The lowest BCUT2D eigenvalue weighted by atomic mass is 9.86. The molecule has 1 aliphatic carbocycles. The van der Waals surface area contributed by atoms with Gasteiger partial charge in [0.15, 0.2) is 0 Å². The highest BCUT2D eigenvalue weighted by molar-refractivity contribution is 8.00. The maximum Gasteiger partial charge on any atom is 0.233 e. The Balaban J connectivity index is 1.62. The molecule has 2 aromatic rings. The fourth-order valence-electron chi connectivity index (χ4n) is 3.18. The Morgan fingerprint density at radius 2 is 2.00 bits per heavy atom. The summed E-state index contributed by atoms with van der Waals surface area (Å²) in [6, 6.07) is 12.5. The summed E-state index contributed by atoms with van der Waals surface area (Å²) >= 11 is 1.53. The van der Waals surface area contributed by atoms with Gasteiger partial charge in [0.25, 0.3) is 0 Å². The fraction of sp³-hybridized carbons (Fsp3) is 0.474. The second-order valence-corrected chi connectivity index (χ2v) is 7.84. The topological polar surface area (TPSA) is 42.0 Å². The third-order valence-electron chi connectivity index (χ3n) is 4.68. The van der Waals surface area contributed by atoms with Crippen LogP contribution in [0.1, 0.15) is 39.5 Å². The third kappa shape index (κ3) is 4.05. The van der Waals surface area contributed by atoms with Gasteiger partial charge in [-0.15, -0.1) is 0 Å². The number of carbonyl (C=O) groups excluding carboxylic acids is 1. The van der Waals surface area contributed by atoms with Crippen molar-refractivity contribution < 1.29 is 4.79 Å². The normalized spacial score (nSPS) is 22.7. The van der Waals surface area contributed by atoms with Gasteiger partial charge in [-0.1, -0.05) is 55.8 Å². The second kappa shape index (κ2) is 7.35. The molecule has 1 saturated carbocycles. The van der Waals surface area contributed by atoms with Crippen LogP contribution in [0.25, 0.3) is 10.9 Å². The minimum atomic E-state index is -0.127. The molecule has 23 heavy (non-hydrogen) atoms. The second-order valence-electron chi connectivity index (χ2n) is 6.48. The van der Waals surface area contributed by atoms with E-state index in [1.165, 1.54) is 31.0 Å². The molecule has 0 bridgehead atoms. The maximum absolute atomic E-state index is 12.5. The number of carbonyl (C=O) groups is 1. The number of nitrogens with one attached hydrogen (secondary N) is 1. The van der Waals surface area contributed by atoms with Gasteiger partial charge in [0.05, 0.1) is 15.8 Å². The predicted molar refractivity (Wildman–Crippen MR) is 96.6 cm³/mol. The van der Waals surface area contributed by atoms with Crippen LogP contribution < -0.4 is 5.32 Å². The van der Waals surface area contributed by atoms with Crippen LogP contribution in [0.2, 0.25) is 0 Å². The Kier molecular flexibility index (Phi) is 5.21. The molecule has 0 radical (unpaired) electrons.